The number of rotatable bonds is 8. The van der Waals surface area contributed by atoms with Crippen LogP contribution in [-0.4, -0.2) is 41.3 Å². The summed E-state index contributed by atoms with van der Waals surface area (Å²) in [5.41, 5.74) is 0. The Labute approximate surface area is 111 Å². The third-order valence-corrected chi connectivity index (χ3v) is 3.91. The van der Waals surface area contributed by atoms with E-state index in [1.54, 1.807) is 11.3 Å². The first-order valence-electron chi connectivity index (χ1n) is 6.31. The van der Waals surface area contributed by atoms with Gasteiger partial charge >= 0.3 is 5.97 Å². The summed E-state index contributed by atoms with van der Waals surface area (Å²) >= 11 is 1.72. The first-order chi connectivity index (χ1) is 8.70. The van der Waals surface area contributed by atoms with Gasteiger partial charge in [-0.2, -0.15) is 0 Å². The summed E-state index contributed by atoms with van der Waals surface area (Å²) in [6.45, 7) is 3.58. The summed E-state index contributed by atoms with van der Waals surface area (Å²) in [7, 11) is 0. The smallest absolute Gasteiger partial charge is 0.334 e. The van der Waals surface area contributed by atoms with Crippen molar-refractivity contribution in [2.24, 2.45) is 0 Å². The molecule has 1 atom stereocenters. The molecular weight excluding hydrogens is 250 g/mol. The van der Waals surface area contributed by atoms with Crippen molar-refractivity contribution in [1.29, 1.82) is 0 Å². The molecular formula is C13H19NO3S. The minimum absolute atomic E-state index is 0.439. The summed E-state index contributed by atoms with van der Waals surface area (Å²) in [6.07, 6.45) is 1.63. The maximum atomic E-state index is 11.1. The number of carboxylic acid groups (broad SMARTS) is 1. The molecule has 5 heteroatoms. The fourth-order valence-corrected chi connectivity index (χ4v) is 2.73. The second-order valence-corrected chi connectivity index (χ2v) is 5.55. The molecule has 0 aliphatic heterocycles. The highest BCUT2D eigenvalue weighted by molar-refractivity contribution is 7.09. The first-order valence-corrected chi connectivity index (χ1v) is 7.19. The molecule has 0 spiro atoms. The number of hydrogen-bond acceptors (Lipinski definition) is 4. The zero-order valence-electron chi connectivity index (χ0n) is 10.5. The summed E-state index contributed by atoms with van der Waals surface area (Å²) in [6, 6.07) is 4.66. The lowest BCUT2D eigenvalue weighted by Gasteiger charge is -2.24. The molecule has 100 valence electrons. The molecule has 1 aromatic heterocycles. The summed E-state index contributed by atoms with van der Waals surface area (Å²) in [5.74, 6) is -0.867. The molecule has 1 saturated carbocycles. The molecule has 1 heterocycles. The Kier molecular flexibility index (Phi) is 4.74. The predicted molar refractivity (Wildman–Crippen MR) is 70.8 cm³/mol. The second-order valence-electron chi connectivity index (χ2n) is 4.52. The van der Waals surface area contributed by atoms with E-state index in [0.717, 1.165) is 6.54 Å². The van der Waals surface area contributed by atoms with Gasteiger partial charge in [-0.05, 0) is 31.2 Å². The van der Waals surface area contributed by atoms with Crippen LogP contribution in [0.2, 0.25) is 0 Å². The van der Waals surface area contributed by atoms with Crippen LogP contribution in [0.5, 0.6) is 0 Å². The fourth-order valence-electron chi connectivity index (χ4n) is 2.00. The molecule has 0 aromatic carbocycles. The van der Waals surface area contributed by atoms with Crippen molar-refractivity contribution in [2.45, 2.75) is 38.5 Å². The van der Waals surface area contributed by atoms with E-state index in [4.69, 9.17) is 9.84 Å². The number of thiophene rings is 1. The van der Waals surface area contributed by atoms with Crippen molar-refractivity contribution >= 4 is 17.3 Å². The van der Waals surface area contributed by atoms with E-state index in [9.17, 15) is 4.79 Å². The van der Waals surface area contributed by atoms with Gasteiger partial charge in [0.15, 0.2) is 6.10 Å². The summed E-state index contributed by atoms with van der Waals surface area (Å²) in [4.78, 5) is 14.6. The third-order valence-electron chi connectivity index (χ3n) is 3.05. The lowest BCUT2D eigenvalue weighted by molar-refractivity contribution is -0.151. The van der Waals surface area contributed by atoms with Crippen molar-refractivity contribution in [3.63, 3.8) is 0 Å². The van der Waals surface area contributed by atoms with E-state index in [1.807, 2.05) is 13.0 Å². The van der Waals surface area contributed by atoms with Gasteiger partial charge in [0.25, 0.3) is 0 Å². The molecule has 0 saturated heterocycles. The van der Waals surface area contributed by atoms with E-state index in [1.165, 1.54) is 17.7 Å². The van der Waals surface area contributed by atoms with Crippen molar-refractivity contribution in [3.8, 4) is 0 Å². The topological polar surface area (TPSA) is 49.8 Å². The summed E-state index contributed by atoms with van der Waals surface area (Å²) < 4.78 is 5.29. The predicted octanol–water partition coefficient (Wildman–Crippen LogP) is 2.20. The molecule has 2 rings (SSSR count). The van der Waals surface area contributed by atoms with Crippen LogP contribution in [0.3, 0.4) is 0 Å². The molecule has 0 radical (unpaired) electrons. The molecule has 1 fully saturated rings. The Bertz CT molecular complexity index is 376. The SMILES string of the molecule is CCOC(CN(Cc1cccs1)C1CC1)C(=O)O. The molecule has 1 aromatic rings. The van der Waals surface area contributed by atoms with E-state index < -0.39 is 12.1 Å². The van der Waals surface area contributed by atoms with E-state index in [-0.39, 0.29) is 0 Å². The van der Waals surface area contributed by atoms with Gasteiger partial charge < -0.3 is 9.84 Å². The minimum atomic E-state index is -0.867. The van der Waals surface area contributed by atoms with Gasteiger partial charge in [-0.15, -0.1) is 11.3 Å². The molecule has 0 amide bonds. The minimum Gasteiger partial charge on any atom is -0.479 e. The van der Waals surface area contributed by atoms with Crippen LogP contribution >= 0.6 is 11.3 Å². The van der Waals surface area contributed by atoms with E-state index in [0.29, 0.717) is 19.2 Å². The van der Waals surface area contributed by atoms with Gasteiger partial charge in [0.05, 0.1) is 0 Å². The standard InChI is InChI=1S/C13H19NO3S/c1-2-17-12(13(15)16)9-14(10-5-6-10)8-11-4-3-7-18-11/h3-4,7,10,12H,2,5-6,8-9H2,1H3,(H,15,16). The van der Waals surface area contributed by atoms with Gasteiger partial charge in [0.1, 0.15) is 0 Å². The van der Waals surface area contributed by atoms with Crippen LogP contribution in [-0.2, 0) is 16.1 Å². The number of ether oxygens (including phenoxy) is 1. The lowest BCUT2D eigenvalue weighted by atomic mass is 10.3. The highest BCUT2D eigenvalue weighted by Crippen LogP contribution is 2.29. The van der Waals surface area contributed by atoms with Gasteiger partial charge in [-0.3, -0.25) is 4.90 Å². The maximum Gasteiger partial charge on any atom is 0.334 e. The lowest BCUT2D eigenvalue weighted by Crippen LogP contribution is -2.39. The average molecular weight is 269 g/mol. The number of aliphatic carboxylic acids is 1. The Morgan fingerprint density at radius 1 is 1.67 bits per heavy atom. The van der Waals surface area contributed by atoms with Crippen LogP contribution in [0.1, 0.15) is 24.6 Å². The highest BCUT2D eigenvalue weighted by Gasteiger charge is 2.32. The van der Waals surface area contributed by atoms with Crippen LogP contribution in [0.15, 0.2) is 17.5 Å². The van der Waals surface area contributed by atoms with Crippen molar-refractivity contribution in [3.05, 3.63) is 22.4 Å². The first kappa shape index (κ1) is 13.5. The number of hydrogen-bond donors (Lipinski definition) is 1. The quantitative estimate of drug-likeness (QED) is 0.786. The second kappa shape index (κ2) is 6.31. The van der Waals surface area contributed by atoms with Crippen LogP contribution < -0.4 is 0 Å². The number of nitrogens with zero attached hydrogens (tertiary/aromatic N) is 1. The zero-order chi connectivity index (χ0) is 13.0. The Hall–Kier alpha value is -0.910. The van der Waals surface area contributed by atoms with Crippen molar-refractivity contribution in [1.82, 2.24) is 4.90 Å². The van der Waals surface area contributed by atoms with Gasteiger partial charge in [-0.25, -0.2) is 4.79 Å². The Balaban J connectivity index is 1.94. The van der Waals surface area contributed by atoms with E-state index in [2.05, 4.69) is 16.3 Å². The van der Waals surface area contributed by atoms with Crippen molar-refractivity contribution < 1.29 is 14.6 Å². The van der Waals surface area contributed by atoms with Crippen LogP contribution in [0, 0.1) is 0 Å². The normalized spacial score (nSPS) is 17.0. The fraction of sp³-hybridized carbons (Fsp3) is 0.615. The molecule has 1 N–H and O–H groups in total. The monoisotopic (exact) mass is 269 g/mol. The largest absolute Gasteiger partial charge is 0.479 e. The van der Waals surface area contributed by atoms with Crippen molar-refractivity contribution in [2.75, 3.05) is 13.2 Å². The highest BCUT2D eigenvalue weighted by atomic mass is 32.1. The third kappa shape index (κ3) is 3.80. The zero-order valence-corrected chi connectivity index (χ0v) is 11.4. The van der Waals surface area contributed by atoms with Gasteiger partial charge in [0, 0.05) is 30.6 Å². The molecule has 1 aliphatic rings. The van der Waals surface area contributed by atoms with Crippen LogP contribution in [0.25, 0.3) is 0 Å². The Morgan fingerprint density at radius 2 is 2.44 bits per heavy atom. The average Bonchev–Trinajstić information content (AvgIpc) is 3.06. The maximum absolute atomic E-state index is 11.1. The van der Waals surface area contributed by atoms with Gasteiger partial charge in [0.2, 0.25) is 0 Å². The molecule has 0 bridgehead atoms. The molecule has 4 nitrogen and oxygen atoms in total. The summed E-state index contributed by atoms with van der Waals surface area (Å²) in [5, 5.41) is 11.2. The molecule has 1 unspecified atom stereocenters. The molecule has 1 aliphatic carbocycles. The Morgan fingerprint density at radius 3 is 2.94 bits per heavy atom. The van der Waals surface area contributed by atoms with Gasteiger partial charge in [-0.1, -0.05) is 6.07 Å². The van der Waals surface area contributed by atoms with Crippen LogP contribution in [0.4, 0.5) is 0 Å². The number of carboxylic acids is 1. The number of carbonyl (C=O) groups is 1. The van der Waals surface area contributed by atoms with E-state index >= 15 is 0 Å². The molecule has 18 heavy (non-hydrogen) atoms.